The van der Waals surface area contributed by atoms with E-state index < -0.39 is 5.97 Å². The van der Waals surface area contributed by atoms with Gasteiger partial charge in [-0.3, -0.25) is 0 Å². The van der Waals surface area contributed by atoms with Gasteiger partial charge in [-0.15, -0.1) is 0 Å². The summed E-state index contributed by atoms with van der Waals surface area (Å²) in [6.45, 7) is 1.95. The number of halogens is 1. The monoisotopic (exact) mass is 403 g/mol. The molecule has 4 nitrogen and oxygen atoms in total. The van der Waals surface area contributed by atoms with Crippen LogP contribution in [0, 0.1) is 18.3 Å². The van der Waals surface area contributed by atoms with E-state index in [0.717, 1.165) is 16.7 Å². The Balaban J connectivity index is 1.86. The third-order valence-electron chi connectivity index (χ3n) is 4.26. The number of nitrogens with zero attached hydrogens (tertiary/aromatic N) is 1. The van der Waals surface area contributed by atoms with E-state index >= 15 is 0 Å². The summed E-state index contributed by atoms with van der Waals surface area (Å²) in [5.41, 5.74) is 3.49. The first-order valence-corrected chi connectivity index (χ1v) is 9.22. The Hall–Kier alpha value is -3.55. The highest BCUT2D eigenvalue weighted by atomic mass is 35.5. The highest BCUT2D eigenvalue weighted by Gasteiger charge is 2.13. The summed E-state index contributed by atoms with van der Waals surface area (Å²) in [5, 5.41) is 10.1. The molecule has 0 unspecified atom stereocenters. The van der Waals surface area contributed by atoms with Crippen molar-refractivity contribution in [2.75, 3.05) is 7.11 Å². The fourth-order valence-electron chi connectivity index (χ4n) is 2.68. The number of allylic oxidation sites excluding steroid dienone is 1. The van der Waals surface area contributed by atoms with Gasteiger partial charge in [0.2, 0.25) is 0 Å². The number of hydrogen-bond acceptors (Lipinski definition) is 4. The maximum absolute atomic E-state index is 12.4. The van der Waals surface area contributed by atoms with Crippen LogP contribution in [0.4, 0.5) is 0 Å². The lowest BCUT2D eigenvalue weighted by atomic mass is 10.0. The van der Waals surface area contributed by atoms with Crippen LogP contribution in [0.25, 0.3) is 11.6 Å². The molecule has 29 heavy (non-hydrogen) atoms. The first-order valence-electron chi connectivity index (χ1n) is 8.85. The van der Waals surface area contributed by atoms with E-state index in [1.807, 2.05) is 19.1 Å². The smallest absolute Gasteiger partial charge is 0.343 e. The summed E-state index contributed by atoms with van der Waals surface area (Å²) in [7, 11) is 1.50. The summed E-state index contributed by atoms with van der Waals surface area (Å²) in [4.78, 5) is 12.4. The number of esters is 1. The van der Waals surface area contributed by atoms with Crippen LogP contribution in [0.3, 0.4) is 0 Å². The standard InChI is InChI=1S/C24H18ClNO3/c1-16-3-6-19(7-4-16)24(27)29-22-12-5-17(14-23(22)28-2)13-20(15-26)18-8-10-21(25)11-9-18/h3-14H,1-2H3. The Morgan fingerprint density at radius 1 is 0.966 bits per heavy atom. The lowest BCUT2D eigenvalue weighted by Crippen LogP contribution is -2.09. The van der Waals surface area contributed by atoms with Crippen molar-refractivity contribution in [3.63, 3.8) is 0 Å². The molecule has 0 spiro atoms. The summed E-state index contributed by atoms with van der Waals surface area (Å²) >= 11 is 5.91. The van der Waals surface area contributed by atoms with Gasteiger partial charge in [-0.25, -0.2) is 4.79 Å². The van der Waals surface area contributed by atoms with E-state index in [0.29, 0.717) is 27.7 Å². The molecule has 0 N–H and O–H groups in total. The predicted octanol–water partition coefficient (Wildman–Crippen LogP) is 5.94. The van der Waals surface area contributed by atoms with E-state index in [4.69, 9.17) is 21.1 Å². The molecule has 0 fully saturated rings. The third-order valence-corrected chi connectivity index (χ3v) is 4.52. The highest BCUT2D eigenvalue weighted by molar-refractivity contribution is 6.30. The van der Waals surface area contributed by atoms with Gasteiger partial charge in [0.05, 0.1) is 24.3 Å². The van der Waals surface area contributed by atoms with Gasteiger partial charge >= 0.3 is 5.97 Å². The number of rotatable bonds is 5. The van der Waals surface area contributed by atoms with Crippen molar-refractivity contribution in [1.29, 1.82) is 5.26 Å². The normalized spacial score (nSPS) is 10.9. The Kier molecular flexibility index (Phi) is 6.33. The molecule has 144 valence electrons. The zero-order valence-corrected chi connectivity index (χ0v) is 16.7. The van der Waals surface area contributed by atoms with Crippen molar-refractivity contribution in [3.8, 4) is 17.6 Å². The van der Waals surface area contributed by atoms with Gasteiger partial charge in [-0.05, 0) is 60.5 Å². The molecule has 0 radical (unpaired) electrons. The van der Waals surface area contributed by atoms with E-state index in [-0.39, 0.29) is 0 Å². The van der Waals surface area contributed by atoms with E-state index in [9.17, 15) is 10.1 Å². The van der Waals surface area contributed by atoms with Crippen LogP contribution in [0.2, 0.25) is 5.02 Å². The minimum absolute atomic E-state index is 0.306. The molecule has 0 aliphatic rings. The fraction of sp³-hybridized carbons (Fsp3) is 0.0833. The molecule has 0 heterocycles. The maximum Gasteiger partial charge on any atom is 0.343 e. The quantitative estimate of drug-likeness (QED) is 0.229. The predicted molar refractivity (Wildman–Crippen MR) is 114 cm³/mol. The van der Waals surface area contributed by atoms with Gasteiger partial charge in [-0.2, -0.15) is 5.26 Å². The highest BCUT2D eigenvalue weighted by Crippen LogP contribution is 2.30. The molecule has 3 rings (SSSR count). The molecule has 0 bridgehead atoms. The minimum atomic E-state index is -0.467. The molecule has 0 atom stereocenters. The van der Waals surface area contributed by atoms with Crippen molar-refractivity contribution in [3.05, 3.63) is 94.0 Å². The van der Waals surface area contributed by atoms with Crippen LogP contribution in [0.15, 0.2) is 66.7 Å². The molecule has 0 amide bonds. The molecule has 3 aromatic rings. The SMILES string of the molecule is COc1cc(C=C(C#N)c2ccc(Cl)cc2)ccc1OC(=O)c1ccc(C)cc1. The molecule has 0 aliphatic heterocycles. The van der Waals surface area contributed by atoms with E-state index in [1.165, 1.54) is 7.11 Å². The molecular weight excluding hydrogens is 386 g/mol. The Bertz CT molecular complexity index is 1090. The van der Waals surface area contributed by atoms with Gasteiger partial charge in [0.15, 0.2) is 11.5 Å². The number of benzene rings is 3. The average Bonchev–Trinajstić information content (AvgIpc) is 2.74. The zero-order valence-electron chi connectivity index (χ0n) is 16.0. The number of nitriles is 1. The summed E-state index contributed by atoms with van der Waals surface area (Å²) < 4.78 is 10.9. The summed E-state index contributed by atoms with van der Waals surface area (Å²) in [6.07, 6.45) is 1.73. The number of aryl methyl sites for hydroxylation is 1. The van der Waals surface area contributed by atoms with Crippen LogP contribution in [0.5, 0.6) is 11.5 Å². The lowest BCUT2D eigenvalue weighted by Gasteiger charge is -2.10. The van der Waals surface area contributed by atoms with E-state index in [1.54, 1.807) is 60.7 Å². The minimum Gasteiger partial charge on any atom is -0.493 e. The number of methoxy groups -OCH3 is 1. The van der Waals surface area contributed by atoms with Crippen LogP contribution < -0.4 is 9.47 Å². The van der Waals surface area contributed by atoms with Gasteiger partial charge in [-0.1, -0.05) is 47.5 Å². The molecule has 0 saturated heterocycles. The van der Waals surface area contributed by atoms with Gasteiger partial charge in [0.1, 0.15) is 0 Å². The second kappa shape index (κ2) is 9.09. The van der Waals surface area contributed by atoms with Crippen molar-refractivity contribution in [1.82, 2.24) is 0 Å². The topological polar surface area (TPSA) is 59.3 Å². The van der Waals surface area contributed by atoms with Crippen LogP contribution in [0.1, 0.15) is 27.0 Å². The zero-order chi connectivity index (χ0) is 20.8. The average molecular weight is 404 g/mol. The Labute approximate surface area is 174 Å². The first kappa shape index (κ1) is 20.2. The molecule has 0 aromatic heterocycles. The van der Waals surface area contributed by atoms with Gasteiger partial charge < -0.3 is 9.47 Å². The van der Waals surface area contributed by atoms with Gasteiger partial charge in [0.25, 0.3) is 0 Å². The van der Waals surface area contributed by atoms with Crippen molar-refractivity contribution >= 4 is 29.2 Å². The molecular formula is C24H18ClNO3. The second-order valence-electron chi connectivity index (χ2n) is 6.34. The number of carbonyl (C=O) groups excluding carboxylic acids is 1. The fourth-order valence-corrected chi connectivity index (χ4v) is 2.81. The first-order chi connectivity index (χ1) is 14.0. The summed E-state index contributed by atoms with van der Waals surface area (Å²) in [6, 6.07) is 21.5. The van der Waals surface area contributed by atoms with Crippen LogP contribution in [-0.4, -0.2) is 13.1 Å². The summed E-state index contributed by atoms with van der Waals surface area (Å²) in [5.74, 6) is 0.235. The van der Waals surface area contributed by atoms with Gasteiger partial charge in [0, 0.05) is 5.02 Å². The molecule has 0 saturated carbocycles. The third kappa shape index (κ3) is 5.04. The van der Waals surface area contributed by atoms with Crippen LogP contribution >= 0.6 is 11.6 Å². The number of hydrogen-bond donors (Lipinski definition) is 0. The van der Waals surface area contributed by atoms with E-state index in [2.05, 4.69) is 6.07 Å². The van der Waals surface area contributed by atoms with Crippen molar-refractivity contribution < 1.29 is 14.3 Å². The number of carbonyl (C=O) groups is 1. The lowest BCUT2D eigenvalue weighted by molar-refractivity contribution is 0.0729. The largest absolute Gasteiger partial charge is 0.493 e. The number of ether oxygens (including phenoxy) is 2. The van der Waals surface area contributed by atoms with Crippen LogP contribution in [-0.2, 0) is 0 Å². The molecule has 3 aromatic carbocycles. The molecule has 0 aliphatic carbocycles. The molecule has 5 heteroatoms. The Morgan fingerprint density at radius 2 is 1.62 bits per heavy atom. The maximum atomic E-state index is 12.4. The Morgan fingerprint density at radius 3 is 2.24 bits per heavy atom. The van der Waals surface area contributed by atoms with Crippen molar-refractivity contribution in [2.45, 2.75) is 6.92 Å². The van der Waals surface area contributed by atoms with Crippen molar-refractivity contribution in [2.24, 2.45) is 0 Å². The second-order valence-corrected chi connectivity index (χ2v) is 6.78.